The van der Waals surface area contributed by atoms with Gasteiger partial charge in [-0.2, -0.15) is 9.98 Å². The maximum absolute atomic E-state index is 13.7. The molecular formula is C26H26BrN3O3S. The van der Waals surface area contributed by atoms with E-state index in [4.69, 9.17) is 0 Å². The first kappa shape index (κ1) is 22.3. The topological polar surface area (TPSA) is 90.3 Å². The van der Waals surface area contributed by atoms with E-state index in [1.165, 1.54) is 43.4 Å². The molecule has 3 aliphatic carbocycles. The second-order valence-corrected chi connectivity index (χ2v) is 13.3. The van der Waals surface area contributed by atoms with E-state index in [0.717, 1.165) is 23.0 Å². The molecule has 2 aromatic carbocycles. The maximum atomic E-state index is 13.7. The molecule has 2 aromatic rings. The number of benzene rings is 2. The minimum atomic E-state index is -3.90. The zero-order chi connectivity index (χ0) is 23.8. The molecule has 8 heteroatoms. The molecule has 0 atom stereocenters. The van der Waals surface area contributed by atoms with Gasteiger partial charge in [0, 0.05) is 27.7 Å². The first-order valence-electron chi connectivity index (χ1n) is 11.9. The summed E-state index contributed by atoms with van der Waals surface area (Å²) >= 11 is 3.62. The molecule has 3 fully saturated rings. The predicted molar refractivity (Wildman–Crippen MR) is 132 cm³/mol. The van der Waals surface area contributed by atoms with Crippen LogP contribution in [0.2, 0.25) is 0 Å². The van der Waals surface area contributed by atoms with Gasteiger partial charge in [0.25, 0.3) is 5.91 Å². The Morgan fingerprint density at radius 2 is 1.71 bits per heavy atom. The number of amides is 1. The van der Waals surface area contributed by atoms with Gasteiger partial charge in [-0.15, -0.1) is 0 Å². The van der Waals surface area contributed by atoms with E-state index < -0.39 is 15.6 Å². The molecule has 34 heavy (non-hydrogen) atoms. The van der Waals surface area contributed by atoms with E-state index in [1.54, 1.807) is 12.1 Å². The van der Waals surface area contributed by atoms with Crippen LogP contribution in [0.3, 0.4) is 0 Å². The number of halogens is 1. The third-order valence-electron chi connectivity index (χ3n) is 8.44. The van der Waals surface area contributed by atoms with Crippen molar-refractivity contribution in [3.05, 3.63) is 58.1 Å². The van der Waals surface area contributed by atoms with E-state index in [2.05, 4.69) is 26.7 Å². The number of carbonyl (C=O) groups excluding carboxylic acids is 1. The van der Waals surface area contributed by atoms with Gasteiger partial charge < -0.3 is 4.90 Å². The van der Waals surface area contributed by atoms with Gasteiger partial charge in [0.05, 0.1) is 11.0 Å². The Bertz CT molecular complexity index is 1350. The van der Waals surface area contributed by atoms with E-state index in [-0.39, 0.29) is 16.2 Å². The van der Waals surface area contributed by atoms with Gasteiger partial charge in [0.1, 0.15) is 5.54 Å². The highest BCUT2D eigenvalue weighted by molar-refractivity contribution is 9.10. The number of carbonyl (C=O) groups is 1. The number of sulfonamides is 1. The average molecular weight is 540 g/mol. The van der Waals surface area contributed by atoms with Crippen LogP contribution in [0, 0.1) is 16.7 Å². The standard InChI is InChI=1S/C26H26BrN3O3S/c27-19-4-5-22-21(15-19)25(10-8-24(6-7-24)9-11-25)17-30(22)23(31)18-2-1-3-20(14-18)34(32,33)29-26(16-28)12-13-26/h1-5,14-15,29H,6-13,17H2. The van der Waals surface area contributed by atoms with E-state index in [0.29, 0.717) is 30.4 Å². The van der Waals surface area contributed by atoms with Gasteiger partial charge in [0.2, 0.25) is 10.0 Å². The van der Waals surface area contributed by atoms with Crippen molar-refractivity contribution in [1.82, 2.24) is 4.72 Å². The van der Waals surface area contributed by atoms with Gasteiger partial charge in [-0.3, -0.25) is 4.79 Å². The predicted octanol–water partition coefficient (Wildman–Crippen LogP) is 5.04. The number of nitrogens with zero attached hydrogens (tertiary/aromatic N) is 2. The highest BCUT2D eigenvalue weighted by atomic mass is 79.9. The van der Waals surface area contributed by atoms with E-state index >= 15 is 0 Å². The van der Waals surface area contributed by atoms with Crippen LogP contribution >= 0.6 is 15.9 Å². The molecule has 0 bridgehead atoms. The lowest BCUT2D eigenvalue weighted by Crippen LogP contribution is -2.40. The number of nitrogens with one attached hydrogen (secondary N) is 1. The molecule has 176 valence electrons. The lowest BCUT2D eigenvalue weighted by molar-refractivity contribution is 0.0980. The summed E-state index contributed by atoms with van der Waals surface area (Å²) < 4.78 is 29.3. The Labute approximate surface area is 208 Å². The Balaban J connectivity index is 1.31. The molecule has 1 N–H and O–H groups in total. The lowest BCUT2D eigenvalue weighted by Gasteiger charge is -2.38. The summed E-state index contributed by atoms with van der Waals surface area (Å²) in [6.45, 7) is 0.625. The summed E-state index contributed by atoms with van der Waals surface area (Å²) in [5, 5.41) is 9.28. The number of anilines is 1. The number of nitriles is 1. The van der Waals surface area contributed by atoms with Crippen molar-refractivity contribution in [2.45, 2.75) is 67.2 Å². The lowest BCUT2D eigenvalue weighted by atomic mass is 9.66. The van der Waals surface area contributed by atoms with Crippen molar-refractivity contribution >= 4 is 37.5 Å². The number of hydrogen-bond acceptors (Lipinski definition) is 4. The van der Waals surface area contributed by atoms with Crippen LogP contribution in [-0.4, -0.2) is 26.4 Å². The monoisotopic (exact) mass is 539 g/mol. The number of fused-ring (bicyclic) bond motifs is 2. The second kappa shape index (κ2) is 7.39. The zero-order valence-corrected chi connectivity index (χ0v) is 21.2. The normalized spacial score (nSPS) is 22.9. The first-order chi connectivity index (χ1) is 16.2. The molecule has 6 rings (SSSR count). The van der Waals surface area contributed by atoms with E-state index in [9.17, 15) is 18.5 Å². The zero-order valence-electron chi connectivity index (χ0n) is 18.8. The molecule has 0 radical (unpaired) electrons. The molecule has 3 saturated carbocycles. The Kier molecular flexibility index (Phi) is 4.84. The molecular weight excluding hydrogens is 514 g/mol. The maximum Gasteiger partial charge on any atom is 0.258 e. The molecule has 1 heterocycles. The summed E-state index contributed by atoms with van der Waals surface area (Å²) in [5.74, 6) is -0.189. The second-order valence-electron chi connectivity index (χ2n) is 10.7. The van der Waals surface area contributed by atoms with Crippen molar-refractivity contribution in [1.29, 1.82) is 5.26 Å². The van der Waals surface area contributed by atoms with Gasteiger partial charge >= 0.3 is 0 Å². The summed E-state index contributed by atoms with van der Waals surface area (Å²) in [6.07, 6.45) is 8.25. The minimum absolute atomic E-state index is 0.0122. The SMILES string of the molecule is N#CC1(NS(=O)(=O)c2cccc(C(=O)N3CC4(CCC5(CC5)CC4)c4cc(Br)ccc43)c2)CC1. The summed E-state index contributed by atoms with van der Waals surface area (Å²) in [5.41, 5.74) is 1.98. The van der Waals surface area contributed by atoms with Gasteiger partial charge in [-0.25, -0.2) is 8.42 Å². The third kappa shape index (κ3) is 3.60. The summed E-state index contributed by atoms with van der Waals surface area (Å²) in [7, 11) is -3.90. The van der Waals surface area contributed by atoms with Gasteiger partial charge in [0.15, 0.2) is 0 Å². The van der Waals surface area contributed by atoms with Crippen molar-refractivity contribution in [3.63, 3.8) is 0 Å². The minimum Gasteiger partial charge on any atom is -0.307 e. The van der Waals surface area contributed by atoms with Crippen LogP contribution in [0.25, 0.3) is 0 Å². The highest BCUT2D eigenvalue weighted by Gasteiger charge is 2.53. The van der Waals surface area contributed by atoms with Crippen molar-refractivity contribution in [3.8, 4) is 6.07 Å². The van der Waals surface area contributed by atoms with Crippen LogP contribution in [0.15, 0.2) is 51.8 Å². The number of hydrogen-bond donors (Lipinski definition) is 1. The van der Waals surface area contributed by atoms with Gasteiger partial charge in [-0.1, -0.05) is 22.0 Å². The molecule has 1 aliphatic heterocycles. The first-order valence-corrected chi connectivity index (χ1v) is 14.1. The Morgan fingerprint density at radius 3 is 2.35 bits per heavy atom. The fourth-order valence-electron chi connectivity index (χ4n) is 5.82. The van der Waals surface area contributed by atoms with Crippen LogP contribution in [0.5, 0.6) is 0 Å². The highest BCUT2D eigenvalue weighted by Crippen LogP contribution is 2.62. The quantitative estimate of drug-likeness (QED) is 0.589. The smallest absolute Gasteiger partial charge is 0.258 e. The molecule has 0 unspecified atom stereocenters. The summed E-state index contributed by atoms with van der Waals surface area (Å²) in [4.78, 5) is 15.6. The van der Waals surface area contributed by atoms with E-state index in [1.807, 2.05) is 23.1 Å². The van der Waals surface area contributed by atoms with Crippen LogP contribution < -0.4 is 9.62 Å². The Morgan fingerprint density at radius 1 is 1.00 bits per heavy atom. The van der Waals surface area contributed by atoms with Crippen LogP contribution in [0.1, 0.15) is 67.3 Å². The third-order valence-corrected chi connectivity index (χ3v) is 10.5. The average Bonchev–Trinajstić information content (AvgIpc) is 3.76. The fourth-order valence-corrected chi connectivity index (χ4v) is 7.60. The fraction of sp³-hybridized carbons (Fsp3) is 0.462. The molecule has 4 aliphatic rings. The molecule has 6 nitrogen and oxygen atoms in total. The van der Waals surface area contributed by atoms with Gasteiger partial charge in [-0.05, 0) is 98.7 Å². The number of rotatable bonds is 4. The van der Waals surface area contributed by atoms with Crippen LogP contribution in [-0.2, 0) is 15.4 Å². The van der Waals surface area contributed by atoms with Crippen molar-refractivity contribution in [2.75, 3.05) is 11.4 Å². The Hall–Kier alpha value is -2.21. The largest absolute Gasteiger partial charge is 0.307 e. The molecule has 1 amide bonds. The van der Waals surface area contributed by atoms with Crippen molar-refractivity contribution < 1.29 is 13.2 Å². The summed E-state index contributed by atoms with van der Waals surface area (Å²) in [6, 6.07) is 14.3. The van der Waals surface area contributed by atoms with Crippen LogP contribution in [0.4, 0.5) is 5.69 Å². The molecule has 0 aromatic heterocycles. The van der Waals surface area contributed by atoms with Crippen molar-refractivity contribution in [2.24, 2.45) is 5.41 Å². The molecule has 0 saturated heterocycles. The molecule has 2 spiro atoms.